The van der Waals surface area contributed by atoms with Crippen LogP contribution in [0.4, 0.5) is 5.69 Å². The summed E-state index contributed by atoms with van der Waals surface area (Å²) in [6, 6.07) is 24.6. The molecule has 0 radical (unpaired) electrons. The summed E-state index contributed by atoms with van der Waals surface area (Å²) >= 11 is 13.6. The lowest BCUT2D eigenvalue weighted by atomic mass is 9.98. The highest BCUT2D eigenvalue weighted by molar-refractivity contribution is 9.10. The predicted octanol–water partition coefficient (Wildman–Crippen LogP) is 7.22. The zero-order valence-electron chi connectivity index (χ0n) is 13.7. The minimum Gasteiger partial charge on any atom is -0.256 e. The molecule has 1 aliphatic heterocycles. The third-order valence-corrected chi connectivity index (χ3v) is 5.98. The summed E-state index contributed by atoms with van der Waals surface area (Å²) in [5, 5.41) is 7.77. The Morgan fingerprint density at radius 2 is 1.58 bits per heavy atom. The summed E-state index contributed by atoms with van der Waals surface area (Å²) < 4.78 is 2.09. The van der Waals surface area contributed by atoms with Gasteiger partial charge in [-0.1, -0.05) is 70.0 Å². The molecule has 1 aliphatic rings. The standard InChI is InChI=1S/C21H15Br2ClN2/c22-15-11-9-14(10-12-15)21-13-19(16-5-1-3-7-18(16)24)25-26(21)20-8-4-2-6-17(20)23/h1-12,21H,13H2. The van der Waals surface area contributed by atoms with Crippen molar-refractivity contribution in [1.29, 1.82) is 0 Å². The maximum Gasteiger partial charge on any atom is 0.0832 e. The number of rotatable bonds is 3. The average Bonchev–Trinajstić information content (AvgIpc) is 3.08. The highest BCUT2D eigenvalue weighted by atomic mass is 79.9. The normalized spacial score (nSPS) is 16.7. The molecule has 0 aromatic heterocycles. The van der Waals surface area contributed by atoms with E-state index in [9.17, 15) is 0 Å². The van der Waals surface area contributed by atoms with Crippen molar-refractivity contribution in [1.82, 2.24) is 0 Å². The number of halogens is 3. The molecule has 26 heavy (non-hydrogen) atoms. The zero-order chi connectivity index (χ0) is 18.1. The molecule has 1 unspecified atom stereocenters. The van der Waals surface area contributed by atoms with Gasteiger partial charge < -0.3 is 0 Å². The Morgan fingerprint density at radius 3 is 2.31 bits per heavy atom. The maximum absolute atomic E-state index is 6.43. The van der Waals surface area contributed by atoms with Gasteiger partial charge >= 0.3 is 0 Å². The van der Waals surface area contributed by atoms with Gasteiger partial charge in [0, 0.05) is 26.0 Å². The van der Waals surface area contributed by atoms with Crippen molar-refractivity contribution in [3.05, 3.63) is 97.9 Å². The van der Waals surface area contributed by atoms with Gasteiger partial charge in [-0.3, -0.25) is 5.01 Å². The van der Waals surface area contributed by atoms with Crippen LogP contribution in [0.25, 0.3) is 0 Å². The first-order valence-electron chi connectivity index (χ1n) is 8.25. The molecular weight excluding hydrogens is 476 g/mol. The van der Waals surface area contributed by atoms with Crippen molar-refractivity contribution in [2.75, 3.05) is 5.01 Å². The quantitative estimate of drug-likeness (QED) is 0.378. The molecule has 1 heterocycles. The monoisotopic (exact) mass is 488 g/mol. The minimum absolute atomic E-state index is 0.119. The number of benzene rings is 3. The largest absolute Gasteiger partial charge is 0.256 e. The number of para-hydroxylation sites is 1. The van der Waals surface area contributed by atoms with Crippen LogP contribution >= 0.6 is 43.5 Å². The van der Waals surface area contributed by atoms with Crippen LogP contribution in [-0.2, 0) is 0 Å². The molecular formula is C21H15Br2ClN2. The highest BCUT2D eigenvalue weighted by Gasteiger charge is 2.31. The van der Waals surface area contributed by atoms with Crippen LogP contribution in [0.2, 0.25) is 5.02 Å². The topological polar surface area (TPSA) is 15.6 Å². The summed E-state index contributed by atoms with van der Waals surface area (Å²) in [4.78, 5) is 0. The summed E-state index contributed by atoms with van der Waals surface area (Å²) in [5.41, 5.74) is 4.25. The average molecular weight is 491 g/mol. The second-order valence-electron chi connectivity index (χ2n) is 6.09. The van der Waals surface area contributed by atoms with Crippen LogP contribution in [0, 0.1) is 0 Å². The summed E-state index contributed by atoms with van der Waals surface area (Å²) in [5.74, 6) is 0. The number of hydrazone groups is 1. The maximum atomic E-state index is 6.43. The number of anilines is 1. The number of hydrogen-bond donors (Lipinski definition) is 0. The van der Waals surface area contributed by atoms with E-state index in [1.165, 1.54) is 5.56 Å². The van der Waals surface area contributed by atoms with Gasteiger partial charge in [0.1, 0.15) is 0 Å². The predicted molar refractivity (Wildman–Crippen MR) is 116 cm³/mol. The van der Waals surface area contributed by atoms with E-state index in [0.29, 0.717) is 0 Å². The first-order chi connectivity index (χ1) is 12.6. The highest BCUT2D eigenvalue weighted by Crippen LogP contribution is 2.40. The van der Waals surface area contributed by atoms with Crippen LogP contribution in [0.15, 0.2) is 86.8 Å². The van der Waals surface area contributed by atoms with Crippen molar-refractivity contribution >= 4 is 54.9 Å². The van der Waals surface area contributed by atoms with E-state index in [-0.39, 0.29) is 6.04 Å². The van der Waals surface area contributed by atoms with Crippen LogP contribution in [0.3, 0.4) is 0 Å². The van der Waals surface area contributed by atoms with Crippen molar-refractivity contribution < 1.29 is 0 Å². The summed E-state index contributed by atoms with van der Waals surface area (Å²) in [6.07, 6.45) is 0.798. The fraction of sp³-hybridized carbons (Fsp3) is 0.0952. The Balaban J connectivity index is 1.80. The smallest absolute Gasteiger partial charge is 0.0832 e. The lowest BCUT2D eigenvalue weighted by Gasteiger charge is -2.25. The van der Waals surface area contributed by atoms with Gasteiger partial charge in [-0.15, -0.1) is 0 Å². The molecule has 3 aromatic carbocycles. The minimum atomic E-state index is 0.119. The van der Waals surface area contributed by atoms with Crippen molar-refractivity contribution in [3.63, 3.8) is 0 Å². The van der Waals surface area contributed by atoms with Crippen LogP contribution < -0.4 is 5.01 Å². The Labute approximate surface area is 174 Å². The molecule has 3 aromatic rings. The molecule has 0 amide bonds. The van der Waals surface area contributed by atoms with E-state index in [0.717, 1.165) is 37.4 Å². The molecule has 0 fully saturated rings. The van der Waals surface area contributed by atoms with Gasteiger partial charge in [-0.05, 0) is 51.8 Å². The van der Waals surface area contributed by atoms with Crippen LogP contribution in [-0.4, -0.2) is 5.71 Å². The molecule has 0 aliphatic carbocycles. The lowest BCUT2D eigenvalue weighted by Crippen LogP contribution is -2.18. The third kappa shape index (κ3) is 3.46. The molecule has 130 valence electrons. The van der Waals surface area contributed by atoms with Gasteiger partial charge in [0.15, 0.2) is 0 Å². The molecule has 2 nitrogen and oxygen atoms in total. The van der Waals surface area contributed by atoms with Gasteiger partial charge in [0.25, 0.3) is 0 Å². The fourth-order valence-corrected chi connectivity index (χ4v) is 4.15. The molecule has 5 heteroatoms. The Kier molecular flexibility index (Phi) is 5.16. The van der Waals surface area contributed by atoms with Gasteiger partial charge in [-0.2, -0.15) is 5.10 Å². The Morgan fingerprint density at radius 1 is 0.885 bits per heavy atom. The van der Waals surface area contributed by atoms with Crippen LogP contribution in [0.1, 0.15) is 23.6 Å². The van der Waals surface area contributed by atoms with Crippen molar-refractivity contribution in [2.24, 2.45) is 5.10 Å². The van der Waals surface area contributed by atoms with E-state index in [2.05, 4.69) is 67.2 Å². The first-order valence-corrected chi connectivity index (χ1v) is 10.2. The lowest BCUT2D eigenvalue weighted by molar-refractivity contribution is 0.707. The molecule has 0 saturated heterocycles. The fourth-order valence-electron chi connectivity index (χ4n) is 3.17. The first kappa shape index (κ1) is 17.8. The van der Waals surface area contributed by atoms with E-state index >= 15 is 0 Å². The van der Waals surface area contributed by atoms with Crippen LogP contribution in [0.5, 0.6) is 0 Å². The van der Waals surface area contributed by atoms with Gasteiger partial charge in [0.2, 0.25) is 0 Å². The Bertz CT molecular complexity index is 970. The molecule has 0 N–H and O–H groups in total. The Hall–Kier alpha value is -1.62. The molecule has 0 bridgehead atoms. The number of nitrogens with zero attached hydrogens (tertiary/aromatic N) is 2. The second-order valence-corrected chi connectivity index (χ2v) is 8.27. The van der Waals surface area contributed by atoms with Gasteiger partial charge in [0.05, 0.1) is 17.4 Å². The molecule has 4 rings (SSSR count). The van der Waals surface area contributed by atoms with Crippen molar-refractivity contribution in [3.8, 4) is 0 Å². The second kappa shape index (κ2) is 7.55. The summed E-state index contributed by atoms with van der Waals surface area (Å²) in [6.45, 7) is 0. The van der Waals surface area contributed by atoms with E-state index in [1.54, 1.807) is 0 Å². The molecule has 0 spiro atoms. The van der Waals surface area contributed by atoms with E-state index in [1.807, 2.05) is 42.5 Å². The van der Waals surface area contributed by atoms with Crippen molar-refractivity contribution in [2.45, 2.75) is 12.5 Å². The van der Waals surface area contributed by atoms with Gasteiger partial charge in [-0.25, -0.2) is 0 Å². The van der Waals surface area contributed by atoms with E-state index in [4.69, 9.17) is 16.7 Å². The van der Waals surface area contributed by atoms with E-state index < -0.39 is 0 Å². The zero-order valence-corrected chi connectivity index (χ0v) is 17.7. The SMILES string of the molecule is Clc1ccccc1C1=NN(c2ccccc2Br)C(c2ccc(Br)cc2)C1. The third-order valence-electron chi connectivity index (χ3n) is 4.45. The number of hydrogen-bond acceptors (Lipinski definition) is 2. The molecule has 1 atom stereocenters. The molecule has 0 saturated carbocycles. The summed E-state index contributed by atoms with van der Waals surface area (Å²) in [7, 11) is 0.